The summed E-state index contributed by atoms with van der Waals surface area (Å²) in [6, 6.07) is 5.21. The average Bonchev–Trinajstić information content (AvgIpc) is 3.07. The molecule has 26 heavy (non-hydrogen) atoms. The third kappa shape index (κ3) is 3.62. The zero-order chi connectivity index (χ0) is 18.3. The maximum atomic E-state index is 12.5. The van der Waals surface area contributed by atoms with E-state index in [1.807, 2.05) is 22.3 Å². The van der Waals surface area contributed by atoms with Gasteiger partial charge in [-0.15, -0.1) is 11.3 Å². The SMILES string of the molecule is CS(=O)(=O)NC[C@H]1[C@H]2C[C@H](CN(Cc3cncs3)C2)c2cccc(=O)n21. The number of hydrogen-bond acceptors (Lipinski definition) is 6. The molecule has 0 saturated carbocycles. The van der Waals surface area contributed by atoms with Gasteiger partial charge in [0.2, 0.25) is 10.0 Å². The molecule has 0 aromatic carbocycles. The molecular weight excluding hydrogens is 372 g/mol. The monoisotopic (exact) mass is 394 g/mol. The second-order valence-electron chi connectivity index (χ2n) is 7.20. The molecule has 9 heteroatoms. The summed E-state index contributed by atoms with van der Waals surface area (Å²) in [5, 5.41) is 0. The summed E-state index contributed by atoms with van der Waals surface area (Å²) in [4.78, 5) is 20.3. The van der Waals surface area contributed by atoms with Gasteiger partial charge in [0.1, 0.15) is 0 Å². The summed E-state index contributed by atoms with van der Waals surface area (Å²) in [5.41, 5.74) is 2.81. The highest BCUT2D eigenvalue weighted by atomic mass is 32.2. The number of thiazole rings is 1. The van der Waals surface area contributed by atoms with Gasteiger partial charge in [-0.25, -0.2) is 13.1 Å². The van der Waals surface area contributed by atoms with Gasteiger partial charge in [0.15, 0.2) is 0 Å². The summed E-state index contributed by atoms with van der Waals surface area (Å²) in [7, 11) is -3.31. The van der Waals surface area contributed by atoms with Gasteiger partial charge >= 0.3 is 0 Å². The van der Waals surface area contributed by atoms with E-state index in [0.29, 0.717) is 5.92 Å². The Hall–Kier alpha value is -1.55. The molecule has 2 aromatic heterocycles. The van der Waals surface area contributed by atoms with Crippen LogP contribution in [0.3, 0.4) is 0 Å². The lowest BCUT2D eigenvalue weighted by molar-refractivity contribution is 0.0876. The van der Waals surface area contributed by atoms with Crippen LogP contribution in [0.25, 0.3) is 0 Å². The zero-order valence-electron chi connectivity index (χ0n) is 14.5. The maximum Gasteiger partial charge on any atom is 0.251 e. The molecule has 0 amide bonds. The topological polar surface area (TPSA) is 84.3 Å². The molecule has 0 unspecified atom stereocenters. The lowest BCUT2D eigenvalue weighted by atomic mass is 9.78. The number of likely N-dealkylation sites (tertiary alicyclic amines) is 1. The predicted octanol–water partition coefficient (Wildman–Crippen LogP) is 1.01. The van der Waals surface area contributed by atoms with Crippen molar-refractivity contribution in [3.8, 4) is 0 Å². The third-order valence-corrected chi connectivity index (χ3v) is 6.75. The van der Waals surface area contributed by atoms with Crippen molar-refractivity contribution in [3.63, 3.8) is 0 Å². The average molecular weight is 395 g/mol. The van der Waals surface area contributed by atoms with Crippen molar-refractivity contribution in [2.45, 2.75) is 24.9 Å². The molecule has 0 aliphatic carbocycles. The first-order valence-electron chi connectivity index (χ1n) is 8.66. The van der Waals surface area contributed by atoms with Crippen molar-refractivity contribution in [3.05, 3.63) is 50.8 Å². The van der Waals surface area contributed by atoms with Crippen molar-refractivity contribution in [2.75, 3.05) is 25.9 Å². The number of nitrogens with one attached hydrogen (secondary N) is 1. The summed E-state index contributed by atoms with van der Waals surface area (Å²) in [5.74, 6) is 0.536. The quantitative estimate of drug-likeness (QED) is 0.818. The smallest absolute Gasteiger partial charge is 0.251 e. The van der Waals surface area contributed by atoms with Gasteiger partial charge in [-0.2, -0.15) is 0 Å². The van der Waals surface area contributed by atoms with Crippen LogP contribution in [-0.4, -0.2) is 48.8 Å². The molecule has 3 atom stereocenters. The fourth-order valence-electron chi connectivity index (χ4n) is 4.31. The van der Waals surface area contributed by atoms with Crippen LogP contribution in [0.2, 0.25) is 0 Å². The second kappa shape index (κ2) is 6.88. The number of nitrogens with zero attached hydrogens (tertiary/aromatic N) is 3. The number of fused-ring (bicyclic) bond motifs is 4. The van der Waals surface area contributed by atoms with Crippen LogP contribution in [0.4, 0.5) is 0 Å². The molecule has 4 heterocycles. The third-order valence-electron chi connectivity index (χ3n) is 5.29. The fourth-order valence-corrected chi connectivity index (χ4v) is 5.41. The molecule has 2 aliphatic heterocycles. The Kier molecular flexibility index (Phi) is 4.72. The summed E-state index contributed by atoms with van der Waals surface area (Å²) in [6.07, 6.45) is 4.04. The van der Waals surface area contributed by atoms with Gasteiger partial charge in [0.05, 0.1) is 17.8 Å². The maximum absolute atomic E-state index is 12.5. The standard InChI is InChI=1S/C17H22N4O3S2/c1-26(23,24)19-7-16-13-5-12(15-3-2-4-17(22)21(15)16)8-20(9-13)10-14-6-18-11-25-14/h2-4,6,11-13,16,19H,5,7-10H2,1H3/t12-,13+,16+/m1/s1. The normalized spacial score (nSPS) is 25.8. The van der Waals surface area contributed by atoms with Gasteiger partial charge in [0.25, 0.3) is 5.56 Å². The van der Waals surface area contributed by atoms with Crippen molar-refractivity contribution >= 4 is 21.4 Å². The van der Waals surface area contributed by atoms with E-state index in [9.17, 15) is 13.2 Å². The minimum atomic E-state index is -3.31. The van der Waals surface area contributed by atoms with Gasteiger partial charge < -0.3 is 4.57 Å². The molecule has 4 rings (SSSR count). The Morgan fingerprint density at radius 1 is 1.35 bits per heavy atom. The number of piperidine rings is 1. The van der Waals surface area contributed by atoms with Crippen LogP contribution in [0.5, 0.6) is 0 Å². The minimum absolute atomic E-state index is 0.0478. The van der Waals surface area contributed by atoms with Crippen molar-refractivity contribution in [1.29, 1.82) is 0 Å². The Bertz CT molecular complexity index is 939. The van der Waals surface area contributed by atoms with E-state index in [2.05, 4.69) is 14.6 Å². The van der Waals surface area contributed by atoms with E-state index in [0.717, 1.165) is 38.0 Å². The van der Waals surface area contributed by atoms with Crippen LogP contribution in [0.1, 0.15) is 29.0 Å². The first-order valence-corrected chi connectivity index (χ1v) is 11.4. The lowest BCUT2D eigenvalue weighted by Gasteiger charge is -2.47. The van der Waals surface area contributed by atoms with Gasteiger partial charge in [-0.05, 0) is 18.4 Å². The van der Waals surface area contributed by atoms with Crippen LogP contribution >= 0.6 is 11.3 Å². The largest absolute Gasteiger partial charge is 0.308 e. The highest BCUT2D eigenvalue weighted by Crippen LogP contribution is 2.41. The van der Waals surface area contributed by atoms with Gasteiger partial charge in [-0.1, -0.05) is 6.07 Å². The molecule has 2 aliphatic rings. The highest BCUT2D eigenvalue weighted by molar-refractivity contribution is 7.88. The van der Waals surface area contributed by atoms with Gasteiger partial charge in [0, 0.05) is 54.9 Å². The Balaban J connectivity index is 1.65. The Morgan fingerprint density at radius 3 is 2.92 bits per heavy atom. The van der Waals surface area contributed by atoms with Crippen LogP contribution in [0, 0.1) is 5.92 Å². The van der Waals surface area contributed by atoms with E-state index in [-0.39, 0.29) is 24.1 Å². The molecule has 0 spiro atoms. The molecule has 1 N–H and O–H groups in total. The molecule has 1 fully saturated rings. The van der Waals surface area contributed by atoms with Crippen molar-refractivity contribution < 1.29 is 8.42 Å². The molecule has 2 aromatic rings. The molecule has 1 saturated heterocycles. The zero-order valence-corrected chi connectivity index (χ0v) is 16.2. The molecule has 7 nitrogen and oxygen atoms in total. The predicted molar refractivity (Wildman–Crippen MR) is 101 cm³/mol. The number of aromatic nitrogens is 2. The Labute approximate surface area is 156 Å². The van der Waals surface area contributed by atoms with Crippen molar-refractivity contribution in [1.82, 2.24) is 19.2 Å². The van der Waals surface area contributed by atoms with Crippen LogP contribution < -0.4 is 10.3 Å². The van der Waals surface area contributed by atoms with Crippen LogP contribution in [-0.2, 0) is 16.6 Å². The van der Waals surface area contributed by atoms with E-state index < -0.39 is 10.0 Å². The first kappa shape index (κ1) is 17.8. The summed E-state index contributed by atoms with van der Waals surface area (Å²) >= 11 is 1.65. The minimum Gasteiger partial charge on any atom is -0.308 e. The molecule has 140 valence electrons. The second-order valence-corrected chi connectivity index (χ2v) is 10.0. The number of rotatable bonds is 5. The van der Waals surface area contributed by atoms with E-state index in [1.54, 1.807) is 23.5 Å². The van der Waals surface area contributed by atoms with E-state index in [4.69, 9.17) is 0 Å². The lowest BCUT2D eigenvalue weighted by Crippen LogP contribution is -2.51. The molecule has 0 radical (unpaired) electrons. The number of hydrogen-bond donors (Lipinski definition) is 1. The van der Waals surface area contributed by atoms with Crippen molar-refractivity contribution in [2.24, 2.45) is 5.92 Å². The number of pyridine rings is 1. The highest BCUT2D eigenvalue weighted by Gasteiger charge is 2.40. The first-order chi connectivity index (χ1) is 12.4. The Morgan fingerprint density at radius 2 is 2.19 bits per heavy atom. The summed E-state index contributed by atoms with van der Waals surface area (Å²) < 4.78 is 27.6. The van der Waals surface area contributed by atoms with Crippen LogP contribution in [0.15, 0.2) is 34.7 Å². The summed E-state index contributed by atoms with van der Waals surface area (Å²) in [6.45, 7) is 2.86. The van der Waals surface area contributed by atoms with E-state index in [1.165, 1.54) is 4.88 Å². The molecular formula is C17H22N4O3S2. The van der Waals surface area contributed by atoms with Gasteiger partial charge in [-0.3, -0.25) is 14.7 Å². The fraction of sp³-hybridized carbons (Fsp3) is 0.529. The number of sulfonamides is 1. The van der Waals surface area contributed by atoms with E-state index >= 15 is 0 Å². The molecule has 2 bridgehead atoms.